The molecule has 0 aliphatic carbocycles. The van der Waals surface area contributed by atoms with Crippen LogP contribution in [0.2, 0.25) is 0 Å². The monoisotopic (exact) mass is 382 g/mol. The second kappa shape index (κ2) is 7.72. The minimum Gasteiger partial charge on any atom is -0.508 e. The number of benzene rings is 2. The number of phenolic OH excluding ortho intramolecular Hbond substituents is 3. The van der Waals surface area contributed by atoms with Crippen molar-refractivity contribution in [3.8, 4) is 17.2 Å². The Labute approximate surface area is 164 Å². The molecule has 0 saturated carbocycles. The quantitative estimate of drug-likeness (QED) is 0.708. The number of carbonyl (C=O) groups is 1. The number of hydrogen-bond acceptors (Lipinski definition) is 5. The molecule has 1 amide bonds. The lowest BCUT2D eigenvalue weighted by molar-refractivity contribution is -0.133. The van der Waals surface area contributed by atoms with E-state index in [4.69, 9.17) is 0 Å². The first-order chi connectivity index (χ1) is 13.5. The molecule has 4 rings (SSSR count). The molecule has 0 bridgehead atoms. The second-order valence-electron chi connectivity index (χ2n) is 7.79. The van der Waals surface area contributed by atoms with Gasteiger partial charge < -0.3 is 20.2 Å². The molecule has 6 heteroatoms. The number of likely N-dealkylation sites (tertiary alicyclic amines) is 2. The predicted octanol–water partition coefficient (Wildman–Crippen LogP) is 2.78. The zero-order valence-electron chi connectivity index (χ0n) is 15.8. The Balaban J connectivity index is 1.34. The largest absolute Gasteiger partial charge is 0.508 e. The number of aromatic hydroxyl groups is 3. The molecule has 2 aromatic rings. The first-order valence-electron chi connectivity index (χ1n) is 9.84. The van der Waals surface area contributed by atoms with E-state index in [1.165, 1.54) is 17.7 Å². The van der Waals surface area contributed by atoms with Gasteiger partial charge in [0.05, 0.1) is 6.04 Å². The molecule has 3 N–H and O–H groups in total. The molecular formula is C22H26N2O4. The number of piperidine rings is 1. The van der Waals surface area contributed by atoms with Crippen molar-refractivity contribution in [3.63, 3.8) is 0 Å². The molecular weight excluding hydrogens is 356 g/mol. The molecule has 2 aliphatic heterocycles. The van der Waals surface area contributed by atoms with Gasteiger partial charge in [0.25, 0.3) is 0 Å². The van der Waals surface area contributed by atoms with Crippen molar-refractivity contribution in [1.29, 1.82) is 0 Å². The van der Waals surface area contributed by atoms with Crippen molar-refractivity contribution in [3.05, 3.63) is 53.6 Å². The molecule has 0 radical (unpaired) electrons. The van der Waals surface area contributed by atoms with Crippen molar-refractivity contribution in [2.75, 3.05) is 19.6 Å². The maximum Gasteiger partial charge on any atom is 0.240 e. The van der Waals surface area contributed by atoms with E-state index in [0.717, 1.165) is 37.9 Å². The number of hydrogen-bond donors (Lipinski definition) is 3. The highest BCUT2D eigenvalue weighted by Gasteiger charge is 2.37. The minimum absolute atomic E-state index is 0.0634. The van der Waals surface area contributed by atoms with Gasteiger partial charge >= 0.3 is 0 Å². The van der Waals surface area contributed by atoms with Crippen LogP contribution in [0.15, 0.2) is 42.5 Å². The van der Waals surface area contributed by atoms with Gasteiger partial charge in [-0.15, -0.1) is 0 Å². The number of amides is 1. The number of nitrogens with zero attached hydrogens (tertiary/aromatic N) is 2. The average Bonchev–Trinajstić information content (AvgIpc) is 3.06. The maximum atomic E-state index is 12.9. The van der Waals surface area contributed by atoms with Crippen LogP contribution in [0.1, 0.15) is 36.3 Å². The molecule has 2 heterocycles. The molecule has 1 atom stereocenters. The average molecular weight is 382 g/mol. The number of rotatable bonds is 4. The summed E-state index contributed by atoms with van der Waals surface area (Å²) in [4.78, 5) is 17.0. The lowest BCUT2D eigenvalue weighted by Crippen LogP contribution is -2.45. The summed E-state index contributed by atoms with van der Waals surface area (Å²) in [5, 5.41) is 28.5. The van der Waals surface area contributed by atoms with Crippen LogP contribution in [0.3, 0.4) is 0 Å². The van der Waals surface area contributed by atoms with Gasteiger partial charge in [0.15, 0.2) is 11.5 Å². The van der Waals surface area contributed by atoms with E-state index in [1.54, 1.807) is 18.2 Å². The maximum absolute atomic E-state index is 12.9. The summed E-state index contributed by atoms with van der Waals surface area (Å²) in [5.74, 6) is 0.614. The van der Waals surface area contributed by atoms with Crippen molar-refractivity contribution >= 4 is 5.91 Å². The first-order valence-corrected chi connectivity index (χ1v) is 9.84. The number of carbonyl (C=O) groups excluding carboxylic acids is 1. The fourth-order valence-corrected chi connectivity index (χ4v) is 4.40. The fourth-order valence-electron chi connectivity index (χ4n) is 4.40. The summed E-state index contributed by atoms with van der Waals surface area (Å²) < 4.78 is 0. The van der Waals surface area contributed by atoms with Gasteiger partial charge in [-0.05, 0) is 73.7 Å². The van der Waals surface area contributed by atoms with Crippen LogP contribution in [0.5, 0.6) is 17.2 Å². The first kappa shape index (κ1) is 18.6. The van der Waals surface area contributed by atoms with Gasteiger partial charge in [0.1, 0.15) is 5.75 Å². The van der Waals surface area contributed by atoms with Crippen LogP contribution < -0.4 is 0 Å². The van der Waals surface area contributed by atoms with Crippen LogP contribution >= 0.6 is 0 Å². The Kier molecular flexibility index (Phi) is 5.13. The van der Waals surface area contributed by atoms with Gasteiger partial charge in [-0.25, -0.2) is 0 Å². The van der Waals surface area contributed by atoms with E-state index >= 15 is 0 Å². The molecule has 2 saturated heterocycles. The van der Waals surface area contributed by atoms with Crippen LogP contribution in [-0.2, 0) is 11.3 Å². The Morgan fingerprint density at radius 1 is 0.857 bits per heavy atom. The lowest BCUT2D eigenvalue weighted by Gasteiger charge is -2.35. The molecule has 28 heavy (non-hydrogen) atoms. The highest BCUT2D eigenvalue weighted by molar-refractivity contribution is 5.84. The van der Waals surface area contributed by atoms with Crippen LogP contribution in [0.4, 0.5) is 0 Å². The smallest absolute Gasteiger partial charge is 0.240 e. The Morgan fingerprint density at radius 3 is 2.25 bits per heavy atom. The van der Waals surface area contributed by atoms with E-state index in [9.17, 15) is 20.1 Å². The van der Waals surface area contributed by atoms with E-state index in [2.05, 4.69) is 4.90 Å². The van der Waals surface area contributed by atoms with Gasteiger partial charge in [0.2, 0.25) is 5.91 Å². The number of phenols is 3. The molecule has 2 aliphatic rings. The summed E-state index contributed by atoms with van der Waals surface area (Å²) in [5.41, 5.74) is 2.07. The van der Waals surface area contributed by atoms with Crippen molar-refractivity contribution in [2.24, 2.45) is 0 Å². The van der Waals surface area contributed by atoms with E-state index < -0.39 is 0 Å². The molecule has 0 aromatic heterocycles. The van der Waals surface area contributed by atoms with Gasteiger partial charge in [0, 0.05) is 13.1 Å². The highest BCUT2D eigenvalue weighted by Crippen LogP contribution is 2.32. The summed E-state index contributed by atoms with van der Waals surface area (Å²) in [6.45, 7) is 2.96. The molecule has 6 nitrogen and oxygen atoms in total. The lowest BCUT2D eigenvalue weighted by atomic mass is 9.89. The van der Waals surface area contributed by atoms with Gasteiger partial charge in [-0.3, -0.25) is 9.69 Å². The summed E-state index contributed by atoms with van der Waals surface area (Å²) in [7, 11) is 0. The fraction of sp³-hybridized carbons (Fsp3) is 0.409. The Morgan fingerprint density at radius 2 is 1.57 bits per heavy atom. The second-order valence-corrected chi connectivity index (χ2v) is 7.79. The van der Waals surface area contributed by atoms with Crippen molar-refractivity contribution in [1.82, 2.24) is 9.80 Å². The predicted molar refractivity (Wildman–Crippen MR) is 105 cm³/mol. The third kappa shape index (κ3) is 3.78. The van der Waals surface area contributed by atoms with E-state index in [0.29, 0.717) is 24.8 Å². The zero-order chi connectivity index (χ0) is 19.7. The standard InChI is InChI=1S/C22H26N2O4/c25-18-4-2-16(3-5-18)17-7-10-23(11-8-17)19-9-12-24(22(19)28)14-15-1-6-20(26)21(27)13-15/h1-6,13,17,19,25-27H,7-12,14H2/t19-/m1/s1. The van der Waals surface area contributed by atoms with Gasteiger partial charge in [-0.2, -0.15) is 0 Å². The molecule has 2 fully saturated rings. The molecule has 148 valence electrons. The SMILES string of the molecule is O=C1[C@H](N2CCC(c3ccc(O)cc3)CC2)CCN1Cc1ccc(O)c(O)c1. The van der Waals surface area contributed by atoms with E-state index in [-0.39, 0.29) is 23.4 Å². The van der Waals surface area contributed by atoms with Crippen LogP contribution in [-0.4, -0.2) is 56.7 Å². The Bertz CT molecular complexity index is 844. The third-order valence-electron chi connectivity index (χ3n) is 6.02. The zero-order valence-corrected chi connectivity index (χ0v) is 15.8. The molecule has 0 unspecified atom stereocenters. The van der Waals surface area contributed by atoms with Gasteiger partial charge in [-0.1, -0.05) is 18.2 Å². The Hall–Kier alpha value is -2.73. The topological polar surface area (TPSA) is 84.2 Å². The molecule has 2 aromatic carbocycles. The summed E-state index contributed by atoms with van der Waals surface area (Å²) in [6, 6.07) is 12.1. The summed E-state index contributed by atoms with van der Waals surface area (Å²) in [6.07, 6.45) is 2.85. The third-order valence-corrected chi connectivity index (χ3v) is 6.02. The van der Waals surface area contributed by atoms with Crippen LogP contribution in [0.25, 0.3) is 0 Å². The summed E-state index contributed by atoms with van der Waals surface area (Å²) >= 11 is 0. The van der Waals surface area contributed by atoms with Crippen molar-refractivity contribution in [2.45, 2.75) is 37.8 Å². The van der Waals surface area contributed by atoms with Crippen LogP contribution in [0, 0.1) is 0 Å². The van der Waals surface area contributed by atoms with E-state index in [1.807, 2.05) is 17.0 Å². The van der Waals surface area contributed by atoms with Crippen molar-refractivity contribution < 1.29 is 20.1 Å². The highest BCUT2D eigenvalue weighted by atomic mass is 16.3. The molecule has 0 spiro atoms. The normalized spacial score (nSPS) is 21.4. The minimum atomic E-state index is -0.156.